The summed E-state index contributed by atoms with van der Waals surface area (Å²) in [5.74, 6) is -0.224. The highest BCUT2D eigenvalue weighted by Crippen LogP contribution is 2.40. The lowest BCUT2D eigenvalue weighted by Gasteiger charge is -2.18. The smallest absolute Gasteiger partial charge is 0.309 e. The molecule has 4 nitrogen and oxygen atoms in total. The topological polar surface area (TPSA) is 52.6 Å². The highest BCUT2D eigenvalue weighted by Gasteiger charge is 2.41. The average Bonchev–Trinajstić information content (AvgIpc) is 3.16. The molecule has 2 rings (SSSR count). The van der Waals surface area contributed by atoms with Crippen molar-refractivity contribution in [2.75, 3.05) is 6.61 Å². The van der Waals surface area contributed by atoms with E-state index in [4.69, 9.17) is 9.47 Å². The van der Waals surface area contributed by atoms with Crippen LogP contribution in [-0.4, -0.2) is 18.5 Å². The van der Waals surface area contributed by atoms with Gasteiger partial charge in [-0.15, -0.1) is 0 Å². The van der Waals surface area contributed by atoms with E-state index in [0.29, 0.717) is 12.5 Å². The molecule has 0 aliphatic heterocycles. The number of esters is 2. The molecular formula is C16H19BrO4. The summed E-state index contributed by atoms with van der Waals surface area (Å²) < 4.78 is 11.4. The van der Waals surface area contributed by atoms with Crippen LogP contribution in [0.2, 0.25) is 0 Å². The summed E-state index contributed by atoms with van der Waals surface area (Å²) in [7, 11) is 0. The molecular weight excluding hydrogens is 336 g/mol. The minimum Gasteiger partial charge on any atom is -0.466 e. The van der Waals surface area contributed by atoms with E-state index in [2.05, 4.69) is 15.9 Å². The van der Waals surface area contributed by atoms with E-state index in [0.717, 1.165) is 16.5 Å². The maximum Gasteiger partial charge on any atom is 0.309 e. The van der Waals surface area contributed by atoms with Crippen molar-refractivity contribution in [1.29, 1.82) is 0 Å². The fraction of sp³-hybridized carbons (Fsp3) is 0.500. The number of carbonyl (C=O) groups excluding carboxylic acids is 2. The zero-order valence-electron chi connectivity index (χ0n) is 12.2. The Labute approximate surface area is 132 Å². The Morgan fingerprint density at radius 2 is 1.95 bits per heavy atom. The van der Waals surface area contributed by atoms with Gasteiger partial charge in [-0.05, 0) is 37.0 Å². The van der Waals surface area contributed by atoms with E-state index in [1.807, 2.05) is 31.2 Å². The number of hydrogen-bond donors (Lipinski definition) is 0. The van der Waals surface area contributed by atoms with Crippen molar-refractivity contribution < 1.29 is 19.1 Å². The molecule has 3 atom stereocenters. The van der Waals surface area contributed by atoms with E-state index in [1.54, 1.807) is 6.92 Å². The van der Waals surface area contributed by atoms with Gasteiger partial charge in [-0.3, -0.25) is 9.59 Å². The Morgan fingerprint density at radius 3 is 2.48 bits per heavy atom. The summed E-state index contributed by atoms with van der Waals surface area (Å²) in [5.41, 5.74) is 0.799. The van der Waals surface area contributed by atoms with Crippen LogP contribution in [0, 0.1) is 11.8 Å². The van der Waals surface area contributed by atoms with E-state index in [1.165, 1.54) is 0 Å². The molecule has 1 aromatic carbocycles. The summed E-state index contributed by atoms with van der Waals surface area (Å²) in [6.07, 6.45) is 0.325. The molecule has 0 aromatic heterocycles. The van der Waals surface area contributed by atoms with Crippen LogP contribution < -0.4 is 0 Å². The molecule has 1 fully saturated rings. The Balaban J connectivity index is 2.07. The first-order valence-electron chi connectivity index (χ1n) is 7.12. The fourth-order valence-electron chi connectivity index (χ4n) is 2.15. The van der Waals surface area contributed by atoms with Crippen molar-refractivity contribution in [2.45, 2.75) is 32.8 Å². The molecule has 1 saturated carbocycles. The largest absolute Gasteiger partial charge is 0.466 e. The Hall–Kier alpha value is -1.36. The third-order valence-electron chi connectivity index (χ3n) is 3.57. The van der Waals surface area contributed by atoms with Gasteiger partial charge < -0.3 is 9.47 Å². The number of ether oxygens (including phenoxy) is 2. The van der Waals surface area contributed by atoms with Crippen LogP contribution in [0.25, 0.3) is 0 Å². The lowest BCUT2D eigenvalue weighted by molar-refractivity contribution is -0.156. The Bertz CT molecular complexity index is 512. The van der Waals surface area contributed by atoms with Gasteiger partial charge >= 0.3 is 11.9 Å². The maximum atomic E-state index is 12.0. The van der Waals surface area contributed by atoms with Gasteiger partial charge in [0.15, 0.2) is 0 Å². The number of rotatable bonds is 6. The summed E-state index contributed by atoms with van der Waals surface area (Å²) in [6.45, 7) is 4.09. The number of halogens is 1. The summed E-state index contributed by atoms with van der Waals surface area (Å²) >= 11 is 3.36. The molecule has 0 bridgehead atoms. The standard InChI is InChI=1S/C16H19BrO4/c1-3-20-15(18)9-14(11-4-6-12(17)7-5-11)21-16(19)13-8-10(13)2/h4-7,10,13-14H,3,8-9H2,1-2H3/t10-,13-,14+/m1/s1. The highest BCUT2D eigenvalue weighted by atomic mass is 79.9. The molecule has 0 N–H and O–H groups in total. The first kappa shape index (κ1) is 16.0. The minimum atomic E-state index is -0.586. The Morgan fingerprint density at radius 1 is 1.33 bits per heavy atom. The zero-order chi connectivity index (χ0) is 15.4. The van der Waals surface area contributed by atoms with Gasteiger partial charge in [0, 0.05) is 4.47 Å². The number of hydrogen-bond acceptors (Lipinski definition) is 4. The number of benzene rings is 1. The van der Waals surface area contributed by atoms with Gasteiger partial charge in [-0.25, -0.2) is 0 Å². The minimum absolute atomic E-state index is 0.0230. The van der Waals surface area contributed by atoms with Gasteiger partial charge in [-0.1, -0.05) is 35.0 Å². The normalized spacial score (nSPS) is 21.5. The molecule has 0 radical (unpaired) electrons. The van der Waals surface area contributed by atoms with Crippen molar-refractivity contribution in [3.05, 3.63) is 34.3 Å². The molecule has 0 unspecified atom stereocenters. The molecule has 114 valence electrons. The first-order valence-corrected chi connectivity index (χ1v) is 7.92. The van der Waals surface area contributed by atoms with Crippen molar-refractivity contribution >= 4 is 27.9 Å². The lowest BCUT2D eigenvalue weighted by Crippen LogP contribution is -2.18. The van der Waals surface area contributed by atoms with Crippen LogP contribution in [-0.2, 0) is 19.1 Å². The summed E-state index contributed by atoms with van der Waals surface area (Å²) in [5, 5.41) is 0. The van der Waals surface area contributed by atoms with Crippen LogP contribution in [0.5, 0.6) is 0 Å². The van der Waals surface area contributed by atoms with Gasteiger partial charge in [0.05, 0.1) is 18.9 Å². The summed E-state index contributed by atoms with van der Waals surface area (Å²) in [6, 6.07) is 7.41. The molecule has 0 spiro atoms. The van der Waals surface area contributed by atoms with Crippen molar-refractivity contribution in [1.82, 2.24) is 0 Å². The van der Waals surface area contributed by atoms with Crippen molar-refractivity contribution in [2.24, 2.45) is 11.8 Å². The van der Waals surface area contributed by atoms with Crippen molar-refractivity contribution in [3.8, 4) is 0 Å². The monoisotopic (exact) mass is 354 g/mol. The predicted octanol–water partition coefficient (Wildman–Crippen LogP) is 3.64. The second-order valence-electron chi connectivity index (χ2n) is 5.31. The van der Waals surface area contributed by atoms with E-state index in [9.17, 15) is 9.59 Å². The highest BCUT2D eigenvalue weighted by molar-refractivity contribution is 9.10. The fourth-order valence-corrected chi connectivity index (χ4v) is 2.42. The second-order valence-corrected chi connectivity index (χ2v) is 6.22. The molecule has 1 aliphatic rings. The average molecular weight is 355 g/mol. The van der Waals surface area contributed by atoms with E-state index in [-0.39, 0.29) is 24.3 Å². The number of carbonyl (C=O) groups is 2. The third-order valence-corrected chi connectivity index (χ3v) is 4.10. The molecule has 1 aromatic rings. The van der Waals surface area contributed by atoms with Gasteiger partial charge in [-0.2, -0.15) is 0 Å². The van der Waals surface area contributed by atoms with Crippen LogP contribution in [0.15, 0.2) is 28.7 Å². The van der Waals surface area contributed by atoms with E-state index >= 15 is 0 Å². The van der Waals surface area contributed by atoms with Gasteiger partial charge in [0.25, 0.3) is 0 Å². The third kappa shape index (κ3) is 4.56. The van der Waals surface area contributed by atoms with Crippen LogP contribution in [0.3, 0.4) is 0 Å². The molecule has 0 heterocycles. The predicted molar refractivity (Wildman–Crippen MR) is 81.5 cm³/mol. The Kier molecular flexibility index (Phi) is 5.39. The van der Waals surface area contributed by atoms with Crippen LogP contribution >= 0.6 is 15.9 Å². The molecule has 5 heteroatoms. The van der Waals surface area contributed by atoms with Crippen LogP contribution in [0.4, 0.5) is 0 Å². The molecule has 21 heavy (non-hydrogen) atoms. The maximum absolute atomic E-state index is 12.0. The zero-order valence-corrected chi connectivity index (χ0v) is 13.8. The lowest BCUT2D eigenvalue weighted by atomic mass is 10.1. The first-order chi connectivity index (χ1) is 10.0. The van der Waals surface area contributed by atoms with Gasteiger partial charge in [0.1, 0.15) is 6.10 Å². The van der Waals surface area contributed by atoms with Crippen molar-refractivity contribution in [3.63, 3.8) is 0 Å². The van der Waals surface area contributed by atoms with Gasteiger partial charge in [0.2, 0.25) is 0 Å². The molecule has 1 aliphatic carbocycles. The van der Waals surface area contributed by atoms with E-state index < -0.39 is 6.10 Å². The quantitative estimate of drug-likeness (QED) is 0.731. The summed E-state index contributed by atoms with van der Waals surface area (Å²) in [4.78, 5) is 23.7. The SMILES string of the molecule is CCOC(=O)C[C@H](OC(=O)[C@@H]1C[C@H]1C)c1ccc(Br)cc1. The molecule has 0 saturated heterocycles. The molecule has 0 amide bonds. The van der Waals surface area contributed by atoms with Crippen LogP contribution in [0.1, 0.15) is 38.4 Å². The second kappa shape index (κ2) is 7.07.